The first-order valence-corrected chi connectivity index (χ1v) is 5.48. The zero-order chi connectivity index (χ0) is 9.52. The molecule has 0 aromatic heterocycles. The molecule has 13 heavy (non-hydrogen) atoms. The summed E-state index contributed by atoms with van der Waals surface area (Å²) < 4.78 is 4.89. The minimum atomic E-state index is -0.0203. The van der Waals surface area contributed by atoms with Crippen LogP contribution < -0.4 is 0 Å². The lowest BCUT2D eigenvalue weighted by molar-refractivity contribution is -0.143. The lowest BCUT2D eigenvalue weighted by Crippen LogP contribution is -2.10. The molecule has 0 aromatic carbocycles. The summed E-state index contributed by atoms with van der Waals surface area (Å²) in [4.78, 5) is 11.1. The zero-order valence-corrected chi connectivity index (χ0v) is 8.55. The third-order valence-corrected chi connectivity index (χ3v) is 2.79. The first-order chi connectivity index (χ1) is 6.33. The molecule has 2 heteroatoms. The van der Waals surface area contributed by atoms with E-state index in [4.69, 9.17) is 4.74 Å². The Balaban J connectivity index is 2.06. The quantitative estimate of drug-likeness (QED) is 0.628. The topological polar surface area (TPSA) is 26.3 Å². The number of esters is 1. The van der Waals surface area contributed by atoms with Crippen LogP contribution >= 0.6 is 0 Å². The van der Waals surface area contributed by atoms with E-state index in [0.717, 1.165) is 12.3 Å². The van der Waals surface area contributed by atoms with Gasteiger partial charge in [-0.2, -0.15) is 0 Å². The Morgan fingerprint density at radius 2 is 2.00 bits per heavy atom. The largest absolute Gasteiger partial charge is 0.466 e. The van der Waals surface area contributed by atoms with Gasteiger partial charge in [0.15, 0.2) is 0 Å². The van der Waals surface area contributed by atoms with E-state index in [1.165, 1.54) is 32.1 Å². The van der Waals surface area contributed by atoms with Gasteiger partial charge in [-0.15, -0.1) is 0 Å². The highest BCUT2D eigenvalue weighted by Gasteiger charge is 2.14. The molecule has 2 nitrogen and oxygen atoms in total. The van der Waals surface area contributed by atoms with Crippen molar-refractivity contribution in [3.8, 4) is 0 Å². The van der Waals surface area contributed by atoms with Crippen LogP contribution in [-0.4, -0.2) is 12.6 Å². The Hall–Kier alpha value is -0.530. The fourth-order valence-corrected chi connectivity index (χ4v) is 2.03. The third kappa shape index (κ3) is 4.30. The number of carbonyl (C=O) groups is 1. The highest BCUT2D eigenvalue weighted by Crippen LogP contribution is 2.27. The van der Waals surface area contributed by atoms with Crippen molar-refractivity contribution in [3.05, 3.63) is 0 Å². The van der Waals surface area contributed by atoms with Gasteiger partial charge in [0.1, 0.15) is 0 Å². The van der Waals surface area contributed by atoms with E-state index in [2.05, 4.69) is 0 Å². The van der Waals surface area contributed by atoms with Crippen molar-refractivity contribution >= 4 is 5.97 Å². The van der Waals surface area contributed by atoms with Crippen molar-refractivity contribution < 1.29 is 9.53 Å². The van der Waals surface area contributed by atoms with Crippen molar-refractivity contribution in [2.75, 3.05) is 6.61 Å². The maximum Gasteiger partial charge on any atom is 0.305 e. The first-order valence-electron chi connectivity index (χ1n) is 5.48. The molecule has 0 amide bonds. The molecular weight excluding hydrogens is 164 g/mol. The van der Waals surface area contributed by atoms with Gasteiger partial charge in [0, 0.05) is 6.42 Å². The first kappa shape index (κ1) is 10.6. The number of rotatable bonds is 4. The summed E-state index contributed by atoms with van der Waals surface area (Å²) in [6.45, 7) is 2.38. The fourth-order valence-electron chi connectivity index (χ4n) is 2.03. The molecule has 0 heterocycles. The van der Waals surface area contributed by atoms with Gasteiger partial charge in [0.05, 0.1) is 6.61 Å². The van der Waals surface area contributed by atoms with E-state index >= 15 is 0 Å². The fraction of sp³-hybridized carbons (Fsp3) is 0.909. The van der Waals surface area contributed by atoms with Gasteiger partial charge in [-0.25, -0.2) is 0 Å². The molecule has 0 atom stereocenters. The summed E-state index contributed by atoms with van der Waals surface area (Å²) in [7, 11) is 0. The molecule has 0 radical (unpaired) electrons. The van der Waals surface area contributed by atoms with Crippen LogP contribution in [0.1, 0.15) is 51.9 Å². The standard InChI is InChI=1S/C11H20O2/c1-2-13-11(12)9-8-10-6-4-3-5-7-10/h10H,2-9H2,1H3. The molecular formula is C11H20O2. The number of carbonyl (C=O) groups excluding carboxylic acids is 1. The lowest BCUT2D eigenvalue weighted by Gasteiger charge is -2.20. The molecule has 76 valence electrons. The molecule has 1 fully saturated rings. The smallest absolute Gasteiger partial charge is 0.305 e. The monoisotopic (exact) mass is 184 g/mol. The normalized spacial score (nSPS) is 18.5. The molecule has 0 unspecified atom stereocenters. The number of hydrogen-bond acceptors (Lipinski definition) is 2. The van der Waals surface area contributed by atoms with Gasteiger partial charge in [0.25, 0.3) is 0 Å². The van der Waals surface area contributed by atoms with E-state index in [1.54, 1.807) is 0 Å². The predicted molar refractivity (Wildman–Crippen MR) is 52.4 cm³/mol. The molecule has 1 rings (SSSR count). The van der Waals surface area contributed by atoms with Crippen LogP contribution in [0.5, 0.6) is 0 Å². The van der Waals surface area contributed by atoms with E-state index < -0.39 is 0 Å². The summed E-state index contributed by atoms with van der Waals surface area (Å²) >= 11 is 0. The van der Waals surface area contributed by atoms with Gasteiger partial charge in [0.2, 0.25) is 0 Å². The number of ether oxygens (including phenoxy) is 1. The van der Waals surface area contributed by atoms with Gasteiger partial charge in [-0.3, -0.25) is 4.79 Å². The highest BCUT2D eigenvalue weighted by atomic mass is 16.5. The molecule has 0 saturated heterocycles. The molecule has 0 N–H and O–H groups in total. The van der Waals surface area contributed by atoms with Crippen LogP contribution in [0.15, 0.2) is 0 Å². The second kappa shape index (κ2) is 6.01. The zero-order valence-electron chi connectivity index (χ0n) is 8.55. The lowest BCUT2D eigenvalue weighted by atomic mass is 9.86. The van der Waals surface area contributed by atoms with Crippen molar-refractivity contribution in [3.63, 3.8) is 0 Å². The summed E-state index contributed by atoms with van der Waals surface area (Å²) in [5.41, 5.74) is 0. The number of hydrogen-bond donors (Lipinski definition) is 0. The molecule has 1 saturated carbocycles. The van der Waals surface area contributed by atoms with Crippen LogP contribution in [0, 0.1) is 5.92 Å². The van der Waals surface area contributed by atoms with E-state index in [-0.39, 0.29) is 5.97 Å². The van der Waals surface area contributed by atoms with Crippen LogP contribution in [0.25, 0.3) is 0 Å². The van der Waals surface area contributed by atoms with Crippen molar-refractivity contribution in [1.29, 1.82) is 0 Å². The average Bonchev–Trinajstić information content (AvgIpc) is 2.17. The Labute approximate surface area is 80.7 Å². The van der Waals surface area contributed by atoms with Crippen molar-refractivity contribution in [1.82, 2.24) is 0 Å². The third-order valence-electron chi connectivity index (χ3n) is 2.79. The maximum atomic E-state index is 11.1. The summed E-state index contributed by atoms with van der Waals surface area (Å²) in [6.07, 6.45) is 8.40. The average molecular weight is 184 g/mol. The van der Waals surface area contributed by atoms with Gasteiger partial charge >= 0.3 is 5.97 Å². The minimum Gasteiger partial charge on any atom is -0.466 e. The van der Waals surface area contributed by atoms with Crippen molar-refractivity contribution in [2.24, 2.45) is 5.92 Å². The predicted octanol–water partition coefficient (Wildman–Crippen LogP) is 2.91. The molecule has 1 aliphatic rings. The van der Waals surface area contributed by atoms with Crippen LogP contribution in [0.3, 0.4) is 0 Å². The summed E-state index contributed by atoms with van der Waals surface area (Å²) in [5, 5.41) is 0. The molecule has 0 spiro atoms. The van der Waals surface area contributed by atoms with Gasteiger partial charge in [-0.1, -0.05) is 32.1 Å². The molecule has 0 aromatic rings. The van der Waals surface area contributed by atoms with Crippen LogP contribution in [0.4, 0.5) is 0 Å². The Kier molecular flexibility index (Phi) is 4.87. The van der Waals surface area contributed by atoms with E-state index in [9.17, 15) is 4.79 Å². The Morgan fingerprint density at radius 3 is 2.62 bits per heavy atom. The van der Waals surface area contributed by atoms with E-state index in [0.29, 0.717) is 13.0 Å². The molecule has 1 aliphatic carbocycles. The van der Waals surface area contributed by atoms with Crippen LogP contribution in [0.2, 0.25) is 0 Å². The van der Waals surface area contributed by atoms with Gasteiger partial charge < -0.3 is 4.74 Å². The second-order valence-corrected chi connectivity index (χ2v) is 3.85. The van der Waals surface area contributed by atoms with Crippen LogP contribution in [-0.2, 0) is 9.53 Å². The second-order valence-electron chi connectivity index (χ2n) is 3.85. The minimum absolute atomic E-state index is 0.0203. The molecule has 0 bridgehead atoms. The molecule has 0 aliphatic heterocycles. The van der Waals surface area contributed by atoms with Crippen molar-refractivity contribution in [2.45, 2.75) is 51.9 Å². The van der Waals surface area contributed by atoms with Gasteiger partial charge in [-0.05, 0) is 19.3 Å². The maximum absolute atomic E-state index is 11.1. The Bertz CT molecular complexity index is 148. The Morgan fingerprint density at radius 1 is 1.31 bits per heavy atom. The highest BCUT2D eigenvalue weighted by molar-refractivity contribution is 5.69. The summed E-state index contributed by atoms with van der Waals surface area (Å²) in [5.74, 6) is 0.770. The summed E-state index contributed by atoms with van der Waals surface area (Å²) in [6, 6.07) is 0. The SMILES string of the molecule is CCOC(=O)CCC1CCCCC1. The van der Waals surface area contributed by atoms with E-state index in [1.807, 2.05) is 6.92 Å².